The van der Waals surface area contributed by atoms with E-state index in [4.69, 9.17) is 5.26 Å². The molecule has 1 aromatic heterocycles. The summed E-state index contributed by atoms with van der Waals surface area (Å²) in [5.74, 6) is 1.39. The molecule has 1 heterocycles. The Hall–Kier alpha value is -2.15. The van der Waals surface area contributed by atoms with Gasteiger partial charge in [-0.1, -0.05) is 12.1 Å². The van der Waals surface area contributed by atoms with Crippen LogP contribution in [0, 0.1) is 18.3 Å². The minimum atomic E-state index is 0.616. The van der Waals surface area contributed by atoms with Crippen LogP contribution in [-0.2, 0) is 0 Å². The Bertz CT molecular complexity index is 493. The zero-order valence-corrected chi connectivity index (χ0v) is 7.65. The number of nitrogens with zero attached hydrogens (tertiary/aromatic N) is 3. The molecule has 2 rings (SSSR count). The summed E-state index contributed by atoms with van der Waals surface area (Å²) >= 11 is 0. The van der Waals surface area contributed by atoms with Crippen molar-refractivity contribution in [2.45, 2.75) is 6.92 Å². The van der Waals surface area contributed by atoms with Gasteiger partial charge < -0.3 is 0 Å². The number of H-pyrrole nitrogens is 1. The molecule has 0 radical (unpaired) electrons. The van der Waals surface area contributed by atoms with Crippen LogP contribution in [0.1, 0.15) is 11.4 Å². The first-order valence-corrected chi connectivity index (χ1v) is 4.19. The van der Waals surface area contributed by atoms with Crippen LogP contribution < -0.4 is 0 Å². The fourth-order valence-electron chi connectivity index (χ4n) is 1.20. The molecule has 0 saturated heterocycles. The van der Waals surface area contributed by atoms with Crippen LogP contribution in [0.5, 0.6) is 0 Å². The second-order valence-corrected chi connectivity index (χ2v) is 2.94. The van der Waals surface area contributed by atoms with Gasteiger partial charge >= 0.3 is 0 Å². The fourth-order valence-corrected chi connectivity index (χ4v) is 1.20. The Kier molecular flexibility index (Phi) is 1.99. The first-order valence-electron chi connectivity index (χ1n) is 4.19. The Morgan fingerprint density at radius 3 is 2.93 bits per heavy atom. The highest BCUT2D eigenvalue weighted by atomic mass is 15.2. The lowest BCUT2D eigenvalue weighted by Gasteiger charge is -1.94. The van der Waals surface area contributed by atoms with Crippen molar-refractivity contribution in [3.05, 3.63) is 35.7 Å². The quantitative estimate of drug-likeness (QED) is 0.732. The fraction of sp³-hybridized carbons (Fsp3) is 0.100. The highest BCUT2D eigenvalue weighted by Gasteiger charge is 2.03. The number of benzene rings is 1. The largest absolute Gasteiger partial charge is 0.263 e. The molecule has 0 atom stereocenters. The van der Waals surface area contributed by atoms with Gasteiger partial charge in [0, 0.05) is 5.56 Å². The van der Waals surface area contributed by atoms with Gasteiger partial charge in [0.2, 0.25) is 0 Å². The Labute approximate surface area is 81.2 Å². The lowest BCUT2D eigenvalue weighted by Crippen LogP contribution is -1.82. The first kappa shape index (κ1) is 8.45. The third kappa shape index (κ3) is 1.48. The van der Waals surface area contributed by atoms with Crippen LogP contribution in [-0.4, -0.2) is 15.2 Å². The average Bonchev–Trinajstić information content (AvgIpc) is 2.65. The SMILES string of the molecule is Cc1nc(-c2cccc(C#N)c2)n[nH]1. The van der Waals surface area contributed by atoms with Crippen molar-refractivity contribution in [1.82, 2.24) is 15.2 Å². The van der Waals surface area contributed by atoms with Gasteiger partial charge in [-0.25, -0.2) is 4.98 Å². The molecule has 0 bridgehead atoms. The summed E-state index contributed by atoms with van der Waals surface area (Å²) < 4.78 is 0. The predicted octanol–water partition coefficient (Wildman–Crippen LogP) is 1.65. The van der Waals surface area contributed by atoms with E-state index >= 15 is 0 Å². The zero-order valence-electron chi connectivity index (χ0n) is 7.65. The minimum Gasteiger partial charge on any atom is -0.263 e. The molecule has 1 aromatic carbocycles. The summed E-state index contributed by atoms with van der Waals surface area (Å²) in [5, 5.41) is 15.5. The van der Waals surface area contributed by atoms with Crippen molar-refractivity contribution >= 4 is 0 Å². The lowest BCUT2D eigenvalue weighted by atomic mass is 10.1. The molecule has 68 valence electrons. The maximum Gasteiger partial charge on any atom is 0.181 e. The van der Waals surface area contributed by atoms with Crippen LogP contribution in [0.2, 0.25) is 0 Å². The normalized spacial score (nSPS) is 9.71. The van der Waals surface area contributed by atoms with Crippen molar-refractivity contribution in [2.24, 2.45) is 0 Å². The smallest absolute Gasteiger partial charge is 0.181 e. The predicted molar refractivity (Wildman–Crippen MR) is 51.3 cm³/mol. The maximum atomic E-state index is 8.72. The number of hydrogen-bond acceptors (Lipinski definition) is 3. The maximum absolute atomic E-state index is 8.72. The third-order valence-electron chi connectivity index (χ3n) is 1.85. The van der Waals surface area contributed by atoms with Crippen molar-refractivity contribution in [2.75, 3.05) is 0 Å². The second kappa shape index (κ2) is 3.30. The highest BCUT2D eigenvalue weighted by Crippen LogP contribution is 2.15. The van der Waals surface area contributed by atoms with E-state index in [1.807, 2.05) is 19.1 Å². The molecular formula is C10H8N4. The molecule has 0 fully saturated rings. The molecule has 0 aliphatic heterocycles. The van der Waals surface area contributed by atoms with Crippen LogP contribution in [0.4, 0.5) is 0 Å². The Morgan fingerprint density at radius 2 is 2.29 bits per heavy atom. The molecule has 0 amide bonds. The molecule has 0 aliphatic rings. The van der Waals surface area contributed by atoms with Gasteiger partial charge in [-0.2, -0.15) is 10.4 Å². The first-order chi connectivity index (χ1) is 6.79. The molecule has 0 spiro atoms. The number of aryl methyl sites for hydroxylation is 1. The van der Waals surface area contributed by atoms with E-state index in [1.165, 1.54) is 0 Å². The van der Waals surface area contributed by atoms with Crippen molar-refractivity contribution in [3.8, 4) is 17.5 Å². The van der Waals surface area contributed by atoms with Gasteiger partial charge in [0.25, 0.3) is 0 Å². The summed E-state index contributed by atoms with van der Waals surface area (Å²) in [5.41, 5.74) is 1.47. The Balaban J connectivity index is 2.47. The molecule has 2 aromatic rings. The van der Waals surface area contributed by atoms with E-state index in [0.29, 0.717) is 11.4 Å². The number of nitrogens with one attached hydrogen (secondary N) is 1. The van der Waals surface area contributed by atoms with Gasteiger partial charge in [-0.05, 0) is 19.1 Å². The Morgan fingerprint density at radius 1 is 1.43 bits per heavy atom. The molecule has 0 aliphatic carbocycles. The number of aromatic nitrogens is 3. The molecule has 0 saturated carbocycles. The van der Waals surface area contributed by atoms with Crippen molar-refractivity contribution < 1.29 is 0 Å². The summed E-state index contributed by atoms with van der Waals surface area (Å²) in [6.07, 6.45) is 0. The number of aromatic amines is 1. The van der Waals surface area contributed by atoms with E-state index in [2.05, 4.69) is 21.3 Å². The lowest BCUT2D eigenvalue weighted by molar-refractivity contribution is 1.04. The topological polar surface area (TPSA) is 65.4 Å². The van der Waals surface area contributed by atoms with Gasteiger partial charge in [0.1, 0.15) is 5.82 Å². The molecule has 4 heteroatoms. The van der Waals surface area contributed by atoms with Gasteiger partial charge in [0.05, 0.1) is 11.6 Å². The highest BCUT2D eigenvalue weighted by molar-refractivity contribution is 5.57. The number of nitriles is 1. The third-order valence-corrected chi connectivity index (χ3v) is 1.85. The van der Waals surface area contributed by atoms with Crippen LogP contribution in [0.15, 0.2) is 24.3 Å². The van der Waals surface area contributed by atoms with Crippen molar-refractivity contribution in [3.63, 3.8) is 0 Å². The molecule has 1 N–H and O–H groups in total. The summed E-state index contributed by atoms with van der Waals surface area (Å²) in [6.45, 7) is 1.84. The van der Waals surface area contributed by atoms with Gasteiger partial charge in [-0.3, -0.25) is 5.10 Å². The molecule has 0 unspecified atom stereocenters. The van der Waals surface area contributed by atoms with Crippen molar-refractivity contribution in [1.29, 1.82) is 5.26 Å². The number of hydrogen-bond donors (Lipinski definition) is 1. The van der Waals surface area contributed by atoms with Gasteiger partial charge in [-0.15, -0.1) is 0 Å². The standard InChI is InChI=1S/C10H8N4/c1-7-12-10(14-13-7)9-4-2-3-8(5-9)6-11/h2-5H,1H3,(H,12,13,14). The molecule has 4 nitrogen and oxygen atoms in total. The number of rotatable bonds is 1. The zero-order chi connectivity index (χ0) is 9.97. The van der Waals surface area contributed by atoms with Crippen LogP contribution >= 0.6 is 0 Å². The summed E-state index contributed by atoms with van der Waals surface area (Å²) in [4.78, 5) is 4.18. The molecule has 14 heavy (non-hydrogen) atoms. The summed E-state index contributed by atoms with van der Waals surface area (Å²) in [7, 11) is 0. The summed E-state index contributed by atoms with van der Waals surface area (Å²) in [6, 6.07) is 9.30. The minimum absolute atomic E-state index is 0.616. The van der Waals surface area contributed by atoms with E-state index in [-0.39, 0.29) is 0 Å². The van der Waals surface area contributed by atoms with E-state index in [0.717, 1.165) is 11.4 Å². The van der Waals surface area contributed by atoms with Crippen LogP contribution in [0.3, 0.4) is 0 Å². The molecular weight excluding hydrogens is 176 g/mol. The van der Waals surface area contributed by atoms with Crippen LogP contribution in [0.25, 0.3) is 11.4 Å². The van der Waals surface area contributed by atoms with E-state index in [9.17, 15) is 0 Å². The monoisotopic (exact) mass is 184 g/mol. The second-order valence-electron chi connectivity index (χ2n) is 2.94. The van der Waals surface area contributed by atoms with E-state index < -0.39 is 0 Å². The van der Waals surface area contributed by atoms with Gasteiger partial charge in [0.15, 0.2) is 5.82 Å². The average molecular weight is 184 g/mol. The van der Waals surface area contributed by atoms with E-state index in [1.54, 1.807) is 12.1 Å².